The lowest BCUT2D eigenvalue weighted by molar-refractivity contribution is 0.152. The second-order valence-electron chi connectivity index (χ2n) is 5.15. The topological polar surface area (TPSA) is 90.9 Å². The van der Waals surface area contributed by atoms with Crippen LogP contribution in [0.25, 0.3) is 0 Å². The fraction of sp³-hybridized carbons (Fsp3) is 0.667. The van der Waals surface area contributed by atoms with Crippen LogP contribution in [-0.2, 0) is 6.42 Å². The highest BCUT2D eigenvalue weighted by Gasteiger charge is 2.11. The van der Waals surface area contributed by atoms with Crippen molar-refractivity contribution in [3.05, 3.63) is 27.8 Å². The van der Waals surface area contributed by atoms with Crippen molar-refractivity contribution >= 4 is 0 Å². The van der Waals surface area contributed by atoms with Gasteiger partial charge in [-0.25, -0.2) is 4.79 Å². The Kier molecular flexibility index (Phi) is 7.33. The molecule has 5 nitrogen and oxygen atoms in total. The standard InChI is InChI=1S/C15H24O5/c1-11-14(18)10-13(20-15(11)19)9-12(17)7-5-3-2-4-6-8-16/h10,12,16-18H,2-9H2,1H3/t12-/m1/s1. The molecule has 1 aromatic rings. The zero-order valence-corrected chi connectivity index (χ0v) is 12.0. The Balaban J connectivity index is 2.32. The molecule has 114 valence electrons. The summed E-state index contributed by atoms with van der Waals surface area (Å²) < 4.78 is 5.02. The summed E-state index contributed by atoms with van der Waals surface area (Å²) in [6, 6.07) is 1.39. The van der Waals surface area contributed by atoms with E-state index >= 15 is 0 Å². The molecular formula is C15H24O5. The van der Waals surface area contributed by atoms with Crippen molar-refractivity contribution in [2.24, 2.45) is 0 Å². The molecule has 0 aliphatic carbocycles. The highest BCUT2D eigenvalue weighted by atomic mass is 16.4. The first kappa shape index (κ1) is 16.7. The van der Waals surface area contributed by atoms with Gasteiger partial charge in [0.2, 0.25) is 0 Å². The number of hydrogen-bond acceptors (Lipinski definition) is 5. The van der Waals surface area contributed by atoms with Crippen LogP contribution in [0.2, 0.25) is 0 Å². The molecule has 0 aromatic carbocycles. The lowest BCUT2D eigenvalue weighted by atomic mass is 10.0. The van der Waals surface area contributed by atoms with Gasteiger partial charge >= 0.3 is 5.63 Å². The minimum Gasteiger partial charge on any atom is -0.507 e. The van der Waals surface area contributed by atoms with E-state index in [0.29, 0.717) is 12.2 Å². The Bertz CT molecular complexity index is 452. The molecule has 1 aromatic heterocycles. The number of rotatable bonds is 9. The van der Waals surface area contributed by atoms with Crippen LogP contribution < -0.4 is 5.63 Å². The summed E-state index contributed by atoms with van der Waals surface area (Å²) in [5.41, 5.74) is -0.372. The van der Waals surface area contributed by atoms with Gasteiger partial charge < -0.3 is 19.7 Å². The fourth-order valence-corrected chi connectivity index (χ4v) is 2.05. The third kappa shape index (κ3) is 5.75. The van der Waals surface area contributed by atoms with Crippen molar-refractivity contribution in [3.63, 3.8) is 0 Å². The average Bonchev–Trinajstić information content (AvgIpc) is 2.40. The van der Waals surface area contributed by atoms with E-state index < -0.39 is 11.7 Å². The molecule has 0 spiro atoms. The van der Waals surface area contributed by atoms with Crippen molar-refractivity contribution < 1.29 is 19.7 Å². The number of aliphatic hydroxyl groups excluding tert-OH is 2. The van der Waals surface area contributed by atoms with Crippen LogP contribution in [0.3, 0.4) is 0 Å². The van der Waals surface area contributed by atoms with Crippen molar-refractivity contribution in [2.75, 3.05) is 6.61 Å². The van der Waals surface area contributed by atoms with Gasteiger partial charge in [0, 0.05) is 19.1 Å². The second kappa shape index (κ2) is 8.76. The lowest BCUT2D eigenvalue weighted by Crippen LogP contribution is -2.13. The largest absolute Gasteiger partial charge is 0.507 e. The SMILES string of the molecule is Cc1c(O)cc(C[C@H](O)CCCCCCCO)oc1=O. The number of unbranched alkanes of at least 4 members (excludes halogenated alkanes) is 4. The van der Waals surface area contributed by atoms with Crippen LogP contribution in [0.4, 0.5) is 0 Å². The fourth-order valence-electron chi connectivity index (χ4n) is 2.05. The molecule has 0 fully saturated rings. The summed E-state index contributed by atoms with van der Waals surface area (Å²) in [5, 5.41) is 28.0. The molecule has 1 rings (SSSR count). The first-order valence-electron chi connectivity index (χ1n) is 7.16. The van der Waals surface area contributed by atoms with E-state index in [9.17, 15) is 15.0 Å². The molecule has 20 heavy (non-hydrogen) atoms. The molecule has 0 aliphatic rings. The quantitative estimate of drug-likeness (QED) is 0.602. The minimum atomic E-state index is -0.571. The zero-order chi connectivity index (χ0) is 15.0. The summed E-state index contributed by atoms with van der Waals surface area (Å²) in [6.07, 6.45) is 5.10. The molecule has 0 unspecified atom stereocenters. The molecule has 1 atom stereocenters. The third-order valence-electron chi connectivity index (χ3n) is 3.34. The van der Waals surface area contributed by atoms with E-state index in [2.05, 4.69) is 0 Å². The van der Waals surface area contributed by atoms with Crippen LogP contribution in [0.1, 0.15) is 49.8 Å². The van der Waals surface area contributed by atoms with E-state index in [0.717, 1.165) is 32.1 Å². The highest BCUT2D eigenvalue weighted by Crippen LogP contribution is 2.16. The molecule has 5 heteroatoms. The predicted octanol–water partition coefficient (Wildman–Crippen LogP) is 1.89. The van der Waals surface area contributed by atoms with Gasteiger partial charge in [0.15, 0.2) is 0 Å². The van der Waals surface area contributed by atoms with Gasteiger partial charge in [-0.15, -0.1) is 0 Å². The molecule has 1 heterocycles. The first-order valence-corrected chi connectivity index (χ1v) is 7.16. The Morgan fingerprint density at radius 2 is 1.85 bits per heavy atom. The zero-order valence-electron chi connectivity index (χ0n) is 12.0. The third-order valence-corrected chi connectivity index (χ3v) is 3.34. The first-order chi connectivity index (χ1) is 9.54. The van der Waals surface area contributed by atoms with Crippen molar-refractivity contribution in [1.82, 2.24) is 0 Å². The van der Waals surface area contributed by atoms with Gasteiger partial charge in [0.05, 0.1) is 11.7 Å². The molecule has 3 N–H and O–H groups in total. The lowest BCUT2D eigenvalue weighted by Gasteiger charge is -2.10. The Morgan fingerprint density at radius 3 is 2.50 bits per heavy atom. The molecule has 0 bridgehead atoms. The van der Waals surface area contributed by atoms with Gasteiger partial charge in [0.1, 0.15) is 11.5 Å². The van der Waals surface area contributed by atoms with E-state index in [1.807, 2.05) is 0 Å². The summed E-state index contributed by atoms with van der Waals surface area (Å²) in [7, 11) is 0. The number of aliphatic hydroxyl groups is 2. The Labute approximate surface area is 118 Å². The van der Waals surface area contributed by atoms with Gasteiger partial charge in [-0.05, 0) is 19.8 Å². The van der Waals surface area contributed by atoms with Crippen LogP contribution in [0.15, 0.2) is 15.3 Å². The maximum Gasteiger partial charge on any atom is 0.342 e. The van der Waals surface area contributed by atoms with E-state index in [4.69, 9.17) is 9.52 Å². The smallest absolute Gasteiger partial charge is 0.342 e. The summed E-state index contributed by atoms with van der Waals surface area (Å²) in [5.74, 6) is 0.221. The van der Waals surface area contributed by atoms with Crippen LogP contribution in [0.5, 0.6) is 5.75 Å². The van der Waals surface area contributed by atoms with Crippen LogP contribution >= 0.6 is 0 Å². The van der Waals surface area contributed by atoms with Crippen LogP contribution in [-0.4, -0.2) is 28.0 Å². The Hall–Kier alpha value is -1.33. The van der Waals surface area contributed by atoms with E-state index in [-0.39, 0.29) is 24.3 Å². The molecular weight excluding hydrogens is 260 g/mol. The minimum absolute atomic E-state index is 0.0903. The average molecular weight is 284 g/mol. The van der Waals surface area contributed by atoms with Gasteiger partial charge in [-0.3, -0.25) is 0 Å². The Morgan fingerprint density at radius 1 is 1.20 bits per heavy atom. The summed E-state index contributed by atoms with van der Waals surface area (Å²) in [6.45, 7) is 1.73. The molecule has 0 saturated heterocycles. The highest BCUT2D eigenvalue weighted by molar-refractivity contribution is 5.28. The number of hydrogen-bond donors (Lipinski definition) is 3. The maximum absolute atomic E-state index is 11.4. The van der Waals surface area contributed by atoms with Gasteiger partial charge in [-0.2, -0.15) is 0 Å². The summed E-state index contributed by atoms with van der Waals surface area (Å²) >= 11 is 0. The number of aromatic hydroxyl groups is 1. The van der Waals surface area contributed by atoms with Gasteiger partial charge in [0.25, 0.3) is 0 Å². The van der Waals surface area contributed by atoms with E-state index in [1.165, 1.54) is 13.0 Å². The van der Waals surface area contributed by atoms with Crippen LogP contribution in [0, 0.1) is 6.92 Å². The molecule has 0 aliphatic heterocycles. The van der Waals surface area contributed by atoms with Crippen molar-refractivity contribution in [1.29, 1.82) is 0 Å². The van der Waals surface area contributed by atoms with Crippen molar-refractivity contribution in [3.8, 4) is 5.75 Å². The normalized spacial score (nSPS) is 12.6. The monoisotopic (exact) mass is 284 g/mol. The van der Waals surface area contributed by atoms with Crippen molar-refractivity contribution in [2.45, 2.75) is 58.0 Å². The maximum atomic E-state index is 11.4. The molecule has 0 saturated carbocycles. The predicted molar refractivity (Wildman–Crippen MR) is 75.9 cm³/mol. The molecule has 0 radical (unpaired) electrons. The van der Waals surface area contributed by atoms with Gasteiger partial charge in [-0.1, -0.05) is 25.7 Å². The second-order valence-corrected chi connectivity index (χ2v) is 5.15. The van der Waals surface area contributed by atoms with E-state index in [1.54, 1.807) is 0 Å². The summed E-state index contributed by atoms with van der Waals surface area (Å²) in [4.78, 5) is 11.4. The molecule has 0 amide bonds.